The number of amides is 1. The third-order valence-corrected chi connectivity index (χ3v) is 6.14. The van der Waals surface area contributed by atoms with Gasteiger partial charge in [0.2, 0.25) is 0 Å². The maximum Gasteiger partial charge on any atom is 0.259 e. The first kappa shape index (κ1) is 20.9. The maximum absolute atomic E-state index is 12.1. The van der Waals surface area contributed by atoms with Crippen LogP contribution in [0.2, 0.25) is 0 Å². The molecule has 156 valence electrons. The lowest BCUT2D eigenvalue weighted by Gasteiger charge is -2.37. The van der Waals surface area contributed by atoms with E-state index >= 15 is 0 Å². The third-order valence-electron chi connectivity index (χ3n) is 6.14. The van der Waals surface area contributed by atoms with Crippen molar-refractivity contribution in [3.05, 3.63) is 62.5 Å². The van der Waals surface area contributed by atoms with Gasteiger partial charge in [0.1, 0.15) is 0 Å². The number of nitrogens with one attached hydrogen (secondary N) is 1. The van der Waals surface area contributed by atoms with Gasteiger partial charge in [-0.3, -0.25) is 14.9 Å². The Balaban J connectivity index is 1.71. The van der Waals surface area contributed by atoms with Gasteiger partial charge < -0.3 is 15.1 Å². The second-order valence-corrected chi connectivity index (χ2v) is 8.21. The van der Waals surface area contributed by atoms with Crippen molar-refractivity contribution < 1.29 is 9.72 Å². The SMILES string of the molecule is CC1=C(C)C([N+](=O)[O-])C(C2CCN(c3ccc(C(=O)N(C)C)cc3)CC2)=C(C)N1. The van der Waals surface area contributed by atoms with Crippen LogP contribution in [0.1, 0.15) is 44.0 Å². The van der Waals surface area contributed by atoms with Crippen molar-refractivity contribution >= 4 is 11.6 Å². The maximum atomic E-state index is 12.1. The summed E-state index contributed by atoms with van der Waals surface area (Å²) in [5, 5.41) is 15.1. The number of hydrogen-bond donors (Lipinski definition) is 1. The average Bonchev–Trinajstić information content (AvgIpc) is 2.70. The zero-order valence-electron chi connectivity index (χ0n) is 17.9. The first-order valence-electron chi connectivity index (χ1n) is 10.1. The van der Waals surface area contributed by atoms with Crippen molar-refractivity contribution in [3.8, 4) is 0 Å². The molecule has 0 saturated carbocycles. The minimum atomic E-state index is -0.718. The topological polar surface area (TPSA) is 78.7 Å². The van der Waals surface area contributed by atoms with E-state index in [1.807, 2.05) is 45.0 Å². The summed E-state index contributed by atoms with van der Waals surface area (Å²) in [6, 6.07) is 6.98. The minimum absolute atomic E-state index is 0.00740. The number of rotatable bonds is 4. The Morgan fingerprint density at radius 3 is 2.21 bits per heavy atom. The third kappa shape index (κ3) is 4.13. The molecule has 0 bridgehead atoms. The normalized spacial score (nSPS) is 20.6. The van der Waals surface area contributed by atoms with Crippen LogP contribution < -0.4 is 10.2 Å². The summed E-state index contributed by atoms with van der Waals surface area (Å²) in [5.74, 6) is 0.193. The molecule has 1 saturated heterocycles. The molecule has 1 amide bonds. The lowest BCUT2D eigenvalue weighted by Crippen LogP contribution is -2.41. The van der Waals surface area contributed by atoms with Crippen molar-refractivity contribution in [3.63, 3.8) is 0 Å². The zero-order valence-corrected chi connectivity index (χ0v) is 17.9. The van der Waals surface area contributed by atoms with Crippen molar-refractivity contribution in [2.24, 2.45) is 5.92 Å². The van der Waals surface area contributed by atoms with E-state index in [-0.39, 0.29) is 16.7 Å². The standard InChI is InChI=1S/C22H30N4O3/c1-14-15(2)23-16(3)20(21(14)26(28)29)17-10-12-25(13-11-17)19-8-6-18(7-9-19)22(27)24(4)5/h6-9,17,21,23H,10-13H2,1-5H3. The minimum Gasteiger partial charge on any atom is -0.371 e. The summed E-state index contributed by atoms with van der Waals surface area (Å²) < 4.78 is 0. The van der Waals surface area contributed by atoms with Crippen LogP contribution in [0.4, 0.5) is 5.69 Å². The number of carbonyl (C=O) groups is 1. The van der Waals surface area contributed by atoms with E-state index in [4.69, 9.17) is 0 Å². The van der Waals surface area contributed by atoms with Crippen molar-refractivity contribution in [1.29, 1.82) is 0 Å². The highest BCUT2D eigenvalue weighted by atomic mass is 16.6. The van der Waals surface area contributed by atoms with E-state index in [1.165, 1.54) is 0 Å². The van der Waals surface area contributed by atoms with Gasteiger partial charge in [-0.05, 0) is 63.8 Å². The van der Waals surface area contributed by atoms with Crippen LogP contribution in [0, 0.1) is 16.0 Å². The number of nitrogens with zero attached hydrogens (tertiary/aromatic N) is 3. The molecule has 1 N–H and O–H groups in total. The summed E-state index contributed by atoms with van der Waals surface area (Å²) in [6.45, 7) is 7.39. The Morgan fingerprint density at radius 1 is 1.10 bits per heavy atom. The fourth-order valence-corrected chi connectivity index (χ4v) is 4.42. The van der Waals surface area contributed by atoms with Gasteiger partial charge in [-0.2, -0.15) is 0 Å². The molecule has 3 rings (SSSR count). The molecule has 1 fully saturated rings. The van der Waals surface area contributed by atoms with Gasteiger partial charge in [-0.1, -0.05) is 0 Å². The van der Waals surface area contributed by atoms with Crippen LogP contribution in [0.3, 0.4) is 0 Å². The highest BCUT2D eigenvalue weighted by Crippen LogP contribution is 2.36. The molecule has 2 heterocycles. The molecule has 0 aromatic heterocycles. The van der Waals surface area contributed by atoms with E-state index in [0.717, 1.165) is 54.2 Å². The van der Waals surface area contributed by atoms with Crippen LogP contribution in [0.25, 0.3) is 0 Å². The molecule has 0 radical (unpaired) electrons. The second kappa shape index (κ2) is 8.27. The van der Waals surface area contributed by atoms with Crippen LogP contribution in [-0.4, -0.2) is 49.0 Å². The van der Waals surface area contributed by atoms with Gasteiger partial charge in [-0.25, -0.2) is 0 Å². The molecular formula is C22H30N4O3. The van der Waals surface area contributed by atoms with Crippen molar-refractivity contribution in [2.75, 3.05) is 32.1 Å². The monoisotopic (exact) mass is 398 g/mol. The molecular weight excluding hydrogens is 368 g/mol. The molecule has 2 aliphatic rings. The van der Waals surface area contributed by atoms with Gasteiger partial charge in [-0.15, -0.1) is 0 Å². The summed E-state index contributed by atoms with van der Waals surface area (Å²) in [7, 11) is 3.49. The van der Waals surface area contributed by atoms with Crippen molar-refractivity contribution in [1.82, 2.24) is 10.2 Å². The highest BCUT2D eigenvalue weighted by molar-refractivity contribution is 5.94. The van der Waals surface area contributed by atoms with Gasteiger partial charge in [0.15, 0.2) is 0 Å². The number of anilines is 1. The number of nitro groups is 1. The number of piperidine rings is 1. The molecule has 0 spiro atoms. The molecule has 7 heteroatoms. The molecule has 1 atom stereocenters. The highest BCUT2D eigenvalue weighted by Gasteiger charge is 2.39. The smallest absolute Gasteiger partial charge is 0.259 e. The lowest BCUT2D eigenvalue weighted by atomic mass is 9.80. The lowest BCUT2D eigenvalue weighted by molar-refractivity contribution is -0.503. The number of dihydropyridines is 1. The van der Waals surface area contributed by atoms with Crippen LogP contribution in [0.15, 0.2) is 46.8 Å². The predicted octanol–water partition coefficient (Wildman–Crippen LogP) is 3.42. The first-order chi connectivity index (χ1) is 13.7. The van der Waals surface area contributed by atoms with Gasteiger partial charge in [0.25, 0.3) is 11.9 Å². The van der Waals surface area contributed by atoms with E-state index < -0.39 is 6.04 Å². The fraction of sp³-hybridized carbons (Fsp3) is 0.500. The van der Waals surface area contributed by atoms with Crippen molar-refractivity contribution in [2.45, 2.75) is 39.7 Å². The zero-order chi connectivity index (χ0) is 21.3. The van der Waals surface area contributed by atoms with E-state index in [0.29, 0.717) is 5.56 Å². The Morgan fingerprint density at radius 2 is 1.69 bits per heavy atom. The van der Waals surface area contributed by atoms with Crippen LogP contribution in [-0.2, 0) is 0 Å². The molecule has 1 aromatic rings. The number of hydrogen-bond acceptors (Lipinski definition) is 5. The molecule has 1 unspecified atom stereocenters. The number of allylic oxidation sites excluding steroid dienone is 2. The number of benzene rings is 1. The Kier molecular flexibility index (Phi) is 5.96. The quantitative estimate of drug-likeness (QED) is 0.621. The predicted molar refractivity (Wildman–Crippen MR) is 114 cm³/mol. The summed E-state index contributed by atoms with van der Waals surface area (Å²) >= 11 is 0. The van der Waals surface area contributed by atoms with Crippen LogP contribution in [0.5, 0.6) is 0 Å². The fourth-order valence-electron chi connectivity index (χ4n) is 4.42. The summed E-state index contributed by atoms with van der Waals surface area (Å²) in [4.78, 5) is 27.6. The largest absolute Gasteiger partial charge is 0.371 e. The van der Waals surface area contributed by atoms with E-state index in [9.17, 15) is 14.9 Å². The molecule has 1 aromatic carbocycles. The van der Waals surface area contributed by atoms with E-state index in [2.05, 4.69) is 10.2 Å². The average molecular weight is 399 g/mol. The molecule has 7 nitrogen and oxygen atoms in total. The van der Waals surface area contributed by atoms with E-state index in [1.54, 1.807) is 19.0 Å². The Hall–Kier alpha value is -2.83. The second-order valence-electron chi connectivity index (χ2n) is 8.21. The van der Waals surface area contributed by atoms with Gasteiger partial charge in [0, 0.05) is 65.9 Å². The first-order valence-corrected chi connectivity index (χ1v) is 10.1. The summed E-state index contributed by atoms with van der Waals surface area (Å²) in [5.41, 5.74) is 5.32. The molecule has 29 heavy (non-hydrogen) atoms. The molecule has 0 aliphatic carbocycles. The van der Waals surface area contributed by atoms with Gasteiger partial charge in [0.05, 0.1) is 0 Å². The Bertz CT molecular complexity index is 863. The Labute approximate surface area is 172 Å². The molecule has 2 aliphatic heterocycles. The summed E-state index contributed by atoms with van der Waals surface area (Å²) in [6.07, 6.45) is 1.76. The number of carbonyl (C=O) groups excluding carboxylic acids is 1. The van der Waals surface area contributed by atoms with Crippen LogP contribution >= 0.6 is 0 Å². The van der Waals surface area contributed by atoms with Gasteiger partial charge >= 0.3 is 0 Å².